The number of aromatic nitrogens is 2. The van der Waals surface area contributed by atoms with Gasteiger partial charge in [0.1, 0.15) is 11.9 Å². The average Bonchev–Trinajstić information content (AvgIpc) is 2.96. The van der Waals surface area contributed by atoms with Crippen molar-refractivity contribution in [2.24, 2.45) is 0 Å². The van der Waals surface area contributed by atoms with E-state index in [-0.39, 0.29) is 18.3 Å². The van der Waals surface area contributed by atoms with Crippen molar-refractivity contribution in [1.82, 2.24) is 20.2 Å². The van der Waals surface area contributed by atoms with Gasteiger partial charge < -0.3 is 9.73 Å². The number of nitrogens with zero attached hydrogens (tertiary/aromatic N) is 3. The third-order valence-corrected chi connectivity index (χ3v) is 3.55. The van der Waals surface area contributed by atoms with E-state index < -0.39 is 6.04 Å². The van der Waals surface area contributed by atoms with Gasteiger partial charge in [-0.15, -0.1) is 0 Å². The van der Waals surface area contributed by atoms with Crippen molar-refractivity contribution in [2.75, 3.05) is 14.1 Å². The maximum atomic E-state index is 13.4. The molecule has 3 aromatic rings. The Balaban J connectivity index is 1.74. The van der Waals surface area contributed by atoms with E-state index in [1.165, 1.54) is 12.1 Å². The topological polar surface area (TPSA) is 71.3 Å². The Morgan fingerprint density at radius 1 is 1.33 bits per heavy atom. The lowest BCUT2D eigenvalue weighted by Crippen LogP contribution is -2.36. The van der Waals surface area contributed by atoms with E-state index in [0.717, 1.165) is 0 Å². The fourth-order valence-corrected chi connectivity index (χ4v) is 2.51. The van der Waals surface area contributed by atoms with Crippen LogP contribution in [0.2, 0.25) is 0 Å². The van der Waals surface area contributed by atoms with Gasteiger partial charge in [-0.05, 0) is 43.9 Å². The van der Waals surface area contributed by atoms with E-state index in [9.17, 15) is 9.18 Å². The molecule has 1 N–H and O–H groups in total. The first-order chi connectivity index (χ1) is 11.5. The quantitative estimate of drug-likeness (QED) is 0.778. The van der Waals surface area contributed by atoms with Gasteiger partial charge in [0, 0.05) is 6.20 Å². The molecular weight excluding hydrogens is 311 g/mol. The van der Waals surface area contributed by atoms with Gasteiger partial charge in [0.25, 0.3) is 0 Å². The van der Waals surface area contributed by atoms with E-state index >= 15 is 0 Å². The van der Waals surface area contributed by atoms with Crippen LogP contribution in [0.1, 0.15) is 17.5 Å². The number of nitrogens with one attached hydrogen (secondary N) is 1. The van der Waals surface area contributed by atoms with Crippen molar-refractivity contribution >= 4 is 17.1 Å². The molecule has 0 aliphatic carbocycles. The summed E-state index contributed by atoms with van der Waals surface area (Å²) >= 11 is 0. The van der Waals surface area contributed by atoms with Gasteiger partial charge >= 0.3 is 0 Å². The number of carbonyl (C=O) groups is 1. The number of halogens is 1. The molecule has 0 fully saturated rings. The second kappa shape index (κ2) is 6.76. The zero-order chi connectivity index (χ0) is 17.1. The molecular formula is C17H17FN4O2. The van der Waals surface area contributed by atoms with Crippen LogP contribution in [0.25, 0.3) is 11.2 Å². The summed E-state index contributed by atoms with van der Waals surface area (Å²) in [5.41, 5.74) is 1.64. The highest BCUT2D eigenvalue weighted by molar-refractivity contribution is 5.83. The minimum atomic E-state index is -0.608. The zero-order valence-corrected chi connectivity index (χ0v) is 13.4. The van der Waals surface area contributed by atoms with Crippen molar-refractivity contribution in [3.05, 3.63) is 59.9 Å². The zero-order valence-electron chi connectivity index (χ0n) is 13.4. The van der Waals surface area contributed by atoms with E-state index in [0.29, 0.717) is 22.7 Å². The molecule has 1 aromatic carbocycles. The van der Waals surface area contributed by atoms with E-state index in [2.05, 4.69) is 15.3 Å². The number of amides is 1. The number of pyridine rings is 1. The summed E-state index contributed by atoms with van der Waals surface area (Å²) in [6.07, 6.45) is 1.62. The maximum absolute atomic E-state index is 13.4. The Morgan fingerprint density at radius 2 is 2.17 bits per heavy atom. The average molecular weight is 328 g/mol. The molecule has 0 bridgehead atoms. The molecule has 2 heterocycles. The fraction of sp³-hybridized carbons (Fsp3) is 0.235. The summed E-state index contributed by atoms with van der Waals surface area (Å²) < 4.78 is 19.0. The molecule has 7 heteroatoms. The van der Waals surface area contributed by atoms with Crippen LogP contribution in [0, 0.1) is 5.82 Å². The number of fused-ring (bicyclic) bond motifs is 1. The van der Waals surface area contributed by atoms with Crippen molar-refractivity contribution in [1.29, 1.82) is 0 Å². The molecule has 6 nitrogen and oxygen atoms in total. The number of carbonyl (C=O) groups excluding carboxylic acids is 1. The molecule has 24 heavy (non-hydrogen) atoms. The molecule has 1 atom stereocenters. The Kier molecular flexibility index (Phi) is 4.52. The van der Waals surface area contributed by atoms with Crippen molar-refractivity contribution in [3.8, 4) is 0 Å². The standard InChI is InChI=1S/C17H17FN4O2/c1-22(2)15(11-5-3-6-12(18)9-11)17(23)20-10-14-21-16-13(24-14)7-4-8-19-16/h3-9,15H,10H2,1-2H3,(H,20,23). The SMILES string of the molecule is CN(C)C(C(=O)NCc1nc2ncccc2o1)c1cccc(F)c1. The predicted molar refractivity (Wildman–Crippen MR) is 86.5 cm³/mol. The van der Waals surface area contributed by atoms with Crippen molar-refractivity contribution in [3.63, 3.8) is 0 Å². The molecule has 0 spiro atoms. The van der Waals surface area contributed by atoms with Gasteiger partial charge in [-0.1, -0.05) is 12.1 Å². The summed E-state index contributed by atoms with van der Waals surface area (Å²) in [5.74, 6) is -0.271. The van der Waals surface area contributed by atoms with Crippen LogP contribution in [0.5, 0.6) is 0 Å². The van der Waals surface area contributed by atoms with Crippen LogP contribution in [-0.2, 0) is 11.3 Å². The predicted octanol–water partition coefficient (Wildman–Crippen LogP) is 2.28. The molecule has 1 amide bonds. The monoisotopic (exact) mass is 328 g/mol. The molecule has 3 rings (SSSR count). The molecule has 0 aliphatic heterocycles. The first-order valence-corrected chi connectivity index (χ1v) is 7.44. The number of likely N-dealkylation sites (N-methyl/N-ethyl adjacent to an activating group) is 1. The number of hydrogen-bond acceptors (Lipinski definition) is 5. The van der Waals surface area contributed by atoms with Gasteiger partial charge in [0.15, 0.2) is 11.2 Å². The van der Waals surface area contributed by atoms with Gasteiger partial charge in [0.05, 0.1) is 6.54 Å². The summed E-state index contributed by atoms with van der Waals surface area (Å²) in [6.45, 7) is 0.134. The molecule has 0 saturated carbocycles. The molecule has 0 saturated heterocycles. The molecule has 0 aliphatic rings. The lowest BCUT2D eigenvalue weighted by atomic mass is 10.1. The Morgan fingerprint density at radius 3 is 2.88 bits per heavy atom. The normalized spacial score (nSPS) is 12.5. The first kappa shape index (κ1) is 16.1. The minimum Gasteiger partial charge on any atom is -0.437 e. The maximum Gasteiger partial charge on any atom is 0.242 e. The molecule has 1 unspecified atom stereocenters. The second-order valence-electron chi connectivity index (χ2n) is 5.57. The van der Waals surface area contributed by atoms with Gasteiger partial charge in [0.2, 0.25) is 11.8 Å². The Hall–Kier alpha value is -2.80. The number of rotatable bonds is 5. The molecule has 0 radical (unpaired) electrons. The number of benzene rings is 1. The van der Waals surface area contributed by atoms with Gasteiger partial charge in [-0.25, -0.2) is 9.37 Å². The summed E-state index contributed by atoms with van der Waals surface area (Å²) in [6, 6.07) is 8.91. The second-order valence-corrected chi connectivity index (χ2v) is 5.57. The van der Waals surface area contributed by atoms with Crippen molar-refractivity contribution < 1.29 is 13.6 Å². The largest absolute Gasteiger partial charge is 0.437 e. The molecule has 2 aromatic heterocycles. The highest BCUT2D eigenvalue weighted by Crippen LogP contribution is 2.20. The summed E-state index contributed by atoms with van der Waals surface area (Å²) in [4.78, 5) is 22.5. The smallest absolute Gasteiger partial charge is 0.242 e. The minimum absolute atomic E-state index is 0.134. The lowest BCUT2D eigenvalue weighted by molar-refractivity contribution is -0.126. The van der Waals surface area contributed by atoms with Crippen LogP contribution in [0.4, 0.5) is 4.39 Å². The Labute approximate surface area is 138 Å². The first-order valence-electron chi connectivity index (χ1n) is 7.44. The van der Waals surface area contributed by atoms with Gasteiger partial charge in [-0.2, -0.15) is 4.98 Å². The van der Waals surface area contributed by atoms with E-state index in [1.807, 2.05) is 0 Å². The van der Waals surface area contributed by atoms with Crippen LogP contribution in [-0.4, -0.2) is 34.9 Å². The van der Waals surface area contributed by atoms with E-state index in [4.69, 9.17) is 4.42 Å². The third-order valence-electron chi connectivity index (χ3n) is 3.55. The third kappa shape index (κ3) is 3.41. The van der Waals surface area contributed by atoms with Crippen LogP contribution < -0.4 is 5.32 Å². The highest BCUT2D eigenvalue weighted by Gasteiger charge is 2.23. The van der Waals surface area contributed by atoms with Crippen LogP contribution in [0.15, 0.2) is 47.0 Å². The summed E-state index contributed by atoms with van der Waals surface area (Å²) in [5, 5.41) is 2.77. The fourth-order valence-electron chi connectivity index (χ4n) is 2.51. The van der Waals surface area contributed by atoms with Crippen LogP contribution >= 0.6 is 0 Å². The number of oxazole rings is 1. The van der Waals surface area contributed by atoms with Crippen molar-refractivity contribution in [2.45, 2.75) is 12.6 Å². The Bertz CT molecular complexity index is 829. The van der Waals surface area contributed by atoms with E-state index in [1.54, 1.807) is 49.5 Å². The summed E-state index contributed by atoms with van der Waals surface area (Å²) in [7, 11) is 3.52. The van der Waals surface area contributed by atoms with Crippen LogP contribution in [0.3, 0.4) is 0 Å². The number of hydrogen-bond donors (Lipinski definition) is 1. The lowest BCUT2D eigenvalue weighted by Gasteiger charge is -2.23. The molecule has 124 valence electrons. The van der Waals surface area contributed by atoms with Gasteiger partial charge in [-0.3, -0.25) is 9.69 Å². The highest BCUT2D eigenvalue weighted by atomic mass is 19.1.